The highest BCUT2D eigenvalue weighted by Crippen LogP contribution is 2.21. The van der Waals surface area contributed by atoms with Gasteiger partial charge in [-0.15, -0.1) is 0 Å². The Bertz CT molecular complexity index is 353. The Hall–Kier alpha value is -1.25. The Labute approximate surface area is 90.5 Å². The lowest BCUT2D eigenvalue weighted by atomic mass is 10.0. The van der Waals surface area contributed by atoms with Gasteiger partial charge in [0.25, 0.3) is 0 Å². The summed E-state index contributed by atoms with van der Waals surface area (Å²) in [5.74, 6) is -0.734. The first kappa shape index (κ1) is 11.8. The number of rotatable bonds is 5. The average Bonchev–Trinajstić information content (AvgIpc) is 2.50. The van der Waals surface area contributed by atoms with E-state index < -0.39 is 5.97 Å². The molecule has 0 atom stereocenters. The van der Waals surface area contributed by atoms with Crippen molar-refractivity contribution in [3.63, 3.8) is 0 Å². The first-order valence-electron chi connectivity index (χ1n) is 5.51. The van der Waals surface area contributed by atoms with Crippen molar-refractivity contribution in [1.82, 2.24) is 4.98 Å². The van der Waals surface area contributed by atoms with E-state index in [4.69, 9.17) is 5.11 Å². The van der Waals surface area contributed by atoms with Crippen LogP contribution in [0.15, 0.2) is 0 Å². The first-order valence-corrected chi connectivity index (χ1v) is 5.51. The van der Waals surface area contributed by atoms with Crippen molar-refractivity contribution in [3.05, 3.63) is 22.5 Å². The van der Waals surface area contributed by atoms with E-state index in [2.05, 4.69) is 25.8 Å². The lowest BCUT2D eigenvalue weighted by Gasteiger charge is -2.02. The number of aromatic amines is 1. The molecule has 1 heterocycles. The van der Waals surface area contributed by atoms with Gasteiger partial charge in [0, 0.05) is 11.4 Å². The second-order valence-corrected chi connectivity index (χ2v) is 3.79. The minimum atomic E-state index is -0.734. The van der Waals surface area contributed by atoms with E-state index in [-0.39, 0.29) is 6.42 Å². The number of aryl methyl sites for hydroxylation is 2. The number of carbonyl (C=O) groups is 1. The third-order valence-electron chi connectivity index (χ3n) is 2.82. The molecule has 1 aromatic rings. The molecule has 1 aromatic heterocycles. The number of hydrogen-bond acceptors (Lipinski definition) is 1. The SMILES string of the molecule is CCc1c(C)[nH]c(CCC(=O)O)c1CC. The van der Waals surface area contributed by atoms with Crippen LogP contribution >= 0.6 is 0 Å². The van der Waals surface area contributed by atoms with Crippen molar-refractivity contribution < 1.29 is 9.90 Å². The highest BCUT2D eigenvalue weighted by Gasteiger charge is 2.12. The summed E-state index contributed by atoms with van der Waals surface area (Å²) in [5.41, 5.74) is 4.97. The molecular weight excluding hydrogens is 190 g/mol. The van der Waals surface area contributed by atoms with E-state index in [1.165, 1.54) is 16.8 Å². The van der Waals surface area contributed by atoms with E-state index in [1.807, 2.05) is 0 Å². The van der Waals surface area contributed by atoms with Crippen LogP contribution in [0.3, 0.4) is 0 Å². The fourth-order valence-electron chi connectivity index (χ4n) is 2.14. The number of aromatic nitrogens is 1. The van der Waals surface area contributed by atoms with Crippen molar-refractivity contribution >= 4 is 5.97 Å². The second kappa shape index (κ2) is 5.01. The number of hydrogen-bond donors (Lipinski definition) is 2. The minimum absolute atomic E-state index is 0.204. The smallest absolute Gasteiger partial charge is 0.303 e. The lowest BCUT2D eigenvalue weighted by Crippen LogP contribution is -2.00. The molecule has 0 amide bonds. The van der Waals surface area contributed by atoms with E-state index in [9.17, 15) is 4.79 Å². The lowest BCUT2D eigenvalue weighted by molar-refractivity contribution is -0.136. The summed E-state index contributed by atoms with van der Waals surface area (Å²) in [5, 5.41) is 8.66. The molecular formula is C12H19NO2. The maximum atomic E-state index is 10.5. The van der Waals surface area contributed by atoms with E-state index in [0.717, 1.165) is 18.5 Å². The Balaban J connectivity index is 2.92. The molecule has 0 fully saturated rings. The zero-order chi connectivity index (χ0) is 11.4. The molecule has 0 aromatic carbocycles. The van der Waals surface area contributed by atoms with Gasteiger partial charge in [-0.1, -0.05) is 13.8 Å². The molecule has 1 rings (SSSR count). The molecule has 0 radical (unpaired) electrons. The fraction of sp³-hybridized carbons (Fsp3) is 0.583. The van der Waals surface area contributed by atoms with Crippen LogP contribution in [0.2, 0.25) is 0 Å². The van der Waals surface area contributed by atoms with Crippen molar-refractivity contribution in [2.45, 2.75) is 46.5 Å². The van der Waals surface area contributed by atoms with Gasteiger partial charge < -0.3 is 10.1 Å². The maximum Gasteiger partial charge on any atom is 0.303 e. The molecule has 0 spiro atoms. The zero-order valence-electron chi connectivity index (χ0n) is 9.68. The quantitative estimate of drug-likeness (QED) is 0.782. The molecule has 15 heavy (non-hydrogen) atoms. The molecule has 3 heteroatoms. The largest absolute Gasteiger partial charge is 0.481 e. The van der Waals surface area contributed by atoms with Gasteiger partial charge in [-0.2, -0.15) is 0 Å². The molecule has 2 N–H and O–H groups in total. The van der Waals surface area contributed by atoms with Gasteiger partial charge in [-0.3, -0.25) is 4.79 Å². The summed E-state index contributed by atoms with van der Waals surface area (Å²) in [6.45, 7) is 6.31. The van der Waals surface area contributed by atoms with Gasteiger partial charge in [0.15, 0.2) is 0 Å². The molecule has 0 aliphatic heterocycles. The number of aliphatic carboxylic acids is 1. The predicted octanol–water partition coefficient (Wildman–Crippen LogP) is 2.47. The molecule has 0 saturated carbocycles. The highest BCUT2D eigenvalue weighted by atomic mass is 16.4. The topological polar surface area (TPSA) is 53.1 Å². The van der Waals surface area contributed by atoms with Crippen LogP contribution in [0.1, 0.15) is 42.8 Å². The summed E-state index contributed by atoms with van der Waals surface area (Å²) in [6.07, 6.45) is 2.80. The number of carboxylic acid groups (broad SMARTS) is 1. The fourth-order valence-corrected chi connectivity index (χ4v) is 2.14. The molecule has 0 saturated heterocycles. The van der Waals surface area contributed by atoms with E-state index >= 15 is 0 Å². The van der Waals surface area contributed by atoms with Crippen molar-refractivity contribution in [1.29, 1.82) is 0 Å². The number of nitrogens with one attached hydrogen (secondary N) is 1. The van der Waals surface area contributed by atoms with Gasteiger partial charge in [-0.25, -0.2) is 0 Å². The minimum Gasteiger partial charge on any atom is -0.481 e. The van der Waals surface area contributed by atoms with E-state index in [0.29, 0.717) is 6.42 Å². The third-order valence-corrected chi connectivity index (χ3v) is 2.82. The number of carboxylic acids is 1. The standard InChI is InChI=1S/C12H19NO2/c1-4-9-8(3)13-11(10(9)5-2)6-7-12(14)15/h13H,4-7H2,1-3H3,(H,14,15). The Morgan fingerprint density at radius 2 is 1.87 bits per heavy atom. The Morgan fingerprint density at radius 1 is 1.27 bits per heavy atom. The van der Waals surface area contributed by atoms with Crippen LogP contribution in [0.5, 0.6) is 0 Å². The second-order valence-electron chi connectivity index (χ2n) is 3.79. The van der Waals surface area contributed by atoms with Gasteiger partial charge in [-0.05, 0) is 37.3 Å². The Morgan fingerprint density at radius 3 is 2.33 bits per heavy atom. The van der Waals surface area contributed by atoms with Crippen molar-refractivity contribution in [3.8, 4) is 0 Å². The molecule has 84 valence electrons. The van der Waals surface area contributed by atoms with Gasteiger partial charge >= 0.3 is 5.97 Å². The van der Waals surface area contributed by atoms with Crippen LogP contribution < -0.4 is 0 Å². The number of H-pyrrole nitrogens is 1. The third kappa shape index (κ3) is 2.61. The molecule has 3 nitrogen and oxygen atoms in total. The average molecular weight is 209 g/mol. The van der Waals surface area contributed by atoms with E-state index in [1.54, 1.807) is 0 Å². The van der Waals surface area contributed by atoms with Crippen molar-refractivity contribution in [2.75, 3.05) is 0 Å². The van der Waals surface area contributed by atoms with Crippen LogP contribution in [0.25, 0.3) is 0 Å². The monoisotopic (exact) mass is 209 g/mol. The van der Waals surface area contributed by atoms with Crippen LogP contribution in [-0.4, -0.2) is 16.1 Å². The summed E-state index contributed by atoms with van der Waals surface area (Å²) < 4.78 is 0. The van der Waals surface area contributed by atoms with Crippen LogP contribution in [0, 0.1) is 6.92 Å². The maximum absolute atomic E-state index is 10.5. The van der Waals surface area contributed by atoms with Gasteiger partial charge in [0.05, 0.1) is 6.42 Å². The molecule has 0 bridgehead atoms. The van der Waals surface area contributed by atoms with Crippen LogP contribution in [0.4, 0.5) is 0 Å². The van der Waals surface area contributed by atoms with Crippen molar-refractivity contribution in [2.24, 2.45) is 0 Å². The summed E-state index contributed by atoms with van der Waals surface area (Å²) in [7, 11) is 0. The van der Waals surface area contributed by atoms with Gasteiger partial charge in [0.1, 0.15) is 0 Å². The van der Waals surface area contributed by atoms with Crippen LogP contribution in [-0.2, 0) is 24.1 Å². The zero-order valence-corrected chi connectivity index (χ0v) is 9.68. The summed E-state index contributed by atoms with van der Waals surface area (Å²) >= 11 is 0. The van der Waals surface area contributed by atoms with Gasteiger partial charge in [0.2, 0.25) is 0 Å². The summed E-state index contributed by atoms with van der Waals surface area (Å²) in [6, 6.07) is 0. The molecule has 0 aliphatic carbocycles. The molecule has 0 aliphatic rings. The summed E-state index contributed by atoms with van der Waals surface area (Å²) in [4.78, 5) is 13.8. The highest BCUT2D eigenvalue weighted by molar-refractivity contribution is 5.67. The molecule has 0 unspecified atom stereocenters. The normalized spacial score (nSPS) is 10.6. The predicted molar refractivity (Wildman–Crippen MR) is 60.2 cm³/mol. The first-order chi connectivity index (χ1) is 7.10. The Kier molecular flexibility index (Phi) is 3.95.